The number of nitrogens with zero attached hydrogens (tertiary/aromatic N) is 1. The zero-order valence-corrected chi connectivity index (χ0v) is 17.2. The predicted octanol–water partition coefficient (Wildman–Crippen LogP) is 4.33. The summed E-state index contributed by atoms with van der Waals surface area (Å²) in [5, 5.41) is 2.38. The van der Waals surface area contributed by atoms with E-state index in [-0.39, 0.29) is 18.1 Å². The fourth-order valence-electron chi connectivity index (χ4n) is 3.41. The first kappa shape index (κ1) is 23.3. The number of likely N-dealkylation sites (tertiary alicyclic amines) is 1. The Morgan fingerprint density at radius 3 is 2.50 bits per heavy atom. The van der Waals surface area contributed by atoms with Crippen LogP contribution in [0.5, 0.6) is 0 Å². The minimum absolute atomic E-state index is 0.0792. The zero-order chi connectivity index (χ0) is 23.1. The molecule has 2 amide bonds. The van der Waals surface area contributed by atoms with Gasteiger partial charge in [-0.25, -0.2) is 0 Å². The van der Waals surface area contributed by atoms with Crippen molar-refractivity contribution in [1.29, 1.82) is 0 Å². The van der Waals surface area contributed by atoms with E-state index in [2.05, 4.69) is 5.32 Å². The highest BCUT2D eigenvalue weighted by Gasteiger charge is 2.31. The highest BCUT2D eigenvalue weighted by molar-refractivity contribution is 5.96. The van der Waals surface area contributed by atoms with Crippen molar-refractivity contribution in [2.45, 2.75) is 38.0 Å². The van der Waals surface area contributed by atoms with Gasteiger partial charge in [0.25, 0.3) is 5.91 Å². The van der Waals surface area contributed by atoms with Crippen LogP contribution in [0.3, 0.4) is 0 Å². The van der Waals surface area contributed by atoms with Crippen LogP contribution in [0.1, 0.15) is 42.9 Å². The first-order chi connectivity index (χ1) is 15.2. The molecule has 3 rings (SSSR count). The molecule has 1 heterocycles. The van der Waals surface area contributed by atoms with E-state index in [4.69, 9.17) is 4.74 Å². The van der Waals surface area contributed by atoms with Crippen LogP contribution in [0.2, 0.25) is 0 Å². The quantitative estimate of drug-likeness (QED) is 0.668. The van der Waals surface area contributed by atoms with Gasteiger partial charge < -0.3 is 15.0 Å². The van der Waals surface area contributed by atoms with Crippen LogP contribution in [0, 0.1) is 0 Å². The molecule has 1 aliphatic rings. The number of halogens is 3. The summed E-state index contributed by atoms with van der Waals surface area (Å²) in [4.78, 5) is 39.0. The topological polar surface area (TPSA) is 75.7 Å². The van der Waals surface area contributed by atoms with Crippen molar-refractivity contribution in [3.05, 3.63) is 65.7 Å². The Morgan fingerprint density at radius 1 is 1.03 bits per heavy atom. The lowest BCUT2D eigenvalue weighted by molar-refractivity contribution is -0.157. The number of esters is 1. The van der Waals surface area contributed by atoms with Gasteiger partial charge in [0, 0.05) is 24.2 Å². The van der Waals surface area contributed by atoms with Crippen LogP contribution in [0.25, 0.3) is 0 Å². The van der Waals surface area contributed by atoms with E-state index < -0.39 is 29.7 Å². The molecule has 1 saturated heterocycles. The maximum absolute atomic E-state index is 13.0. The van der Waals surface area contributed by atoms with Crippen molar-refractivity contribution in [3.8, 4) is 0 Å². The van der Waals surface area contributed by atoms with E-state index >= 15 is 0 Å². The van der Waals surface area contributed by atoms with Gasteiger partial charge >= 0.3 is 12.1 Å². The number of carbonyl (C=O) groups is 3. The number of carbonyl (C=O) groups excluding carboxylic acids is 3. The molecule has 1 N–H and O–H groups in total. The molecule has 0 radical (unpaired) electrons. The molecule has 0 spiro atoms. The Kier molecular flexibility index (Phi) is 7.50. The van der Waals surface area contributed by atoms with Gasteiger partial charge in [-0.2, -0.15) is 13.2 Å². The van der Waals surface area contributed by atoms with Crippen LogP contribution in [0.4, 0.5) is 18.9 Å². The van der Waals surface area contributed by atoms with E-state index in [9.17, 15) is 27.6 Å². The van der Waals surface area contributed by atoms with Crippen LogP contribution in [-0.2, 0) is 25.3 Å². The van der Waals surface area contributed by atoms with Crippen molar-refractivity contribution >= 4 is 23.5 Å². The van der Waals surface area contributed by atoms with E-state index in [1.165, 1.54) is 17.0 Å². The Balaban J connectivity index is 1.75. The average molecular weight is 448 g/mol. The second-order valence-corrected chi connectivity index (χ2v) is 7.47. The largest absolute Gasteiger partial charge is 0.446 e. The highest BCUT2D eigenvalue weighted by atomic mass is 19.4. The fourth-order valence-corrected chi connectivity index (χ4v) is 3.41. The lowest BCUT2D eigenvalue weighted by atomic mass is 10.1. The summed E-state index contributed by atoms with van der Waals surface area (Å²) >= 11 is 0. The number of hydrogen-bond donors (Lipinski definition) is 1. The Morgan fingerprint density at radius 2 is 1.78 bits per heavy atom. The Hall–Kier alpha value is -3.36. The molecule has 32 heavy (non-hydrogen) atoms. The molecule has 0 aliphatic carbocycles. The summed E-state index contributed by atoms with van der Waals surface area (Å²) in [6.45, 7) is 0.138. The zero-order valence-electron chi connectivity index (χ0n) is 17.2. The smallest absolute Gasteiger partial charge is 0.416 e. The molecular weight excluding hydrogens is 425 g/mol. The number of benzene rings is 2. The third kappa shape index (κ3) is 6.32. The van der Waals surface area contributed by atoms with Crippen LogP contribution in [0.15, 0.2) is 54.6 Å². The highest BCUT2D eigenvalue weighted by Crippen LogP contribution is 2.31. The second kappa shape index (κ2) is 10.3. The predicted molar refractivity (Wildman–Crippen MR) is 110 cm³/mol. The van der Waals surface area contributed by atoms with E-state index in [0.717, 1.165) is 31.4 Å². The third-order valence-corrected chi connectivity index (χ3v) is 5.04. The molecular formula is C23H23F3N2O4. The van der Waals surface area contributed by atoms with Gasteiger partial charge in [0.1, 0.15) is 6.54 Å². The fraction of sp³-hybridized carbons (Fsp3) is 0.348. The summed E-state index contributed by atoms with van der Waals surface area (Å²) in [6.07, 6.45) is -3.17. The molecule has 0 saturated carbocycles. The molecule has 2 aromatic rings. The molecule has 2 aromatic carbocycles. The number of ether oxygens (including phenoxy) is 1. The SMILES string of the molecule is O=C(CN1CCCCCC1=O)OC(C(=O)Nc1cccc(C(F)(F)F)c1)c1ccccc1. The maximum Gasteiger partial charge on any atom is 0.416 e. The number of rotatable bonds is 6. The lowest BCUT2D eigenvalue weighted by Gasteiger charge is -2.22. The summed E-state index contributed by atoms with van der Waals surface area (Å²) in [6, 6.07) is 12.3. The number of nitrogens with one attached hydrogen (secondary N) is 1. The molecule has 0 bridgehead atoms. The summed E-state index contributed by atoms with van der Waals surface area (Å²) in [7, 11) is 0. The van der Waals surface area contributed by atoms with E-state index in [1.807, 2.05) is 0 Å². The van der Waals surface area contributed by atoms with E-state index in [0.29, 0.717) is 18.5 Å². The lowest BCUT2D eigenvalue weighted by Crippen LogP contribution is -2.37. The number of hydrogen-bond acceptors (Lipinski definition) is 4. The average Bonchev–Trinajstić information content (AvgIpc) is 2.96. The van der Waals surface area contributed by atoms with Crippen LogP contribution in [-0.4, -0.2) is 35.8 Å². The van der Waals surface area contributed by atoms with Crippen molar-refractivity contribution < 1.29 is 32.3 Å². The number of amides is 2. The number of alkyl halides is 3. The molecule has 0 aromatic heterocycles. The van der Waals surface area contributed by atoms with Crippen molar-refractivity contribution in [1.82, 2.24) is 4.90 Å². The Bertz CT molecular complexity index is 963. The van der Waals surface area contributed by atoms with Crippen molar-refractivity contribution in [2.75, 3.05) is 18.4 Å². The van der Waals surface area contributed by atoms with Crippen molar-refractivity contribution in [2.24, 2.45) is 0 Å². The van der Waals surface area contributed by atoms with Gasteiger partial charge in [-0.3, -0.25) is 14.4 Å². The van der Waals surface area contributed by atoms with Crippen LogP contribution < -0.4 is 5.32 Å². The molecule has 9 heteroatoms. The second-order valence-electron chi connectivity index (χ2n) is 7.47. The van der Waals surface area contributed by atoms with E-state index in [1.54, 1.807) is 30.3 Å². The summed E-state index contributed by atoms with van der Waals surface area (Å²) in [5.74, 6) is -1.72. The summed E-state index contributed by atoms with van der Waals surface area (Å²) in [5.41, 5.74) is -0.639. The first-order valence-electron chi connectivity index (χ1n) is 10.2. The molecule has 1 atom stereocenters. The normalized spacial score (nSPS) is 15.6. The monoisotopic (exact) mass is 448 g/mol. The van der Waals surface area contributed by atoms with Crippen LogP contribution >= 0.6 is 0 Å². The molecule has 1 unspecified atom stereocenters. The van der Waals surface area contributed by atoms with Gasteiger partial charge in [-0.1, -0.05) is 42.8 Å². The summed E-state index contributed by atoms with van der Waals surface area (Å²) < 4.78 is 44.3. The third-order valence-electron chi connectivity index (χ3n) is 5.04. The Labute approximate surface area is 183 Å². The molecule has 1 fully saturated rings. The first-order valence-corrected chi connectivity index (χ1v) is 10.2. The van der Waals surface area contributed by atoms with Gasteiger partial charge in [-0.15, -0.1) is 0 Å². The van der Waals surface area contributed by atoms with Gasteiger partial charge in [0.15, 0.2) is 0 Å². The number of anilines is 1. The van der Waals surface area contributed by atoms with Gasteiger partial charge in [0.2, 0.25) is 12.0 Å². The standard InChI is InChI=1S/C23H23F3N2O4/c24-23(25,26)17-10-7-11-18(14-17)27-22(31)21(16-8-3-1-4-9-16)32-20(30)15-28-13-6-2-5-12-19(28)29/h1,3-4,7-11,14,21H,2,5-6,12-13,15H2,(H,27,31). The van der Waals surface area contributed by atoms with Gasteiger partial charge in [0.05, 0.1) is 5.56 Å². The van der Waals surface area contributed by atoms with Gasteiger partial charge in [-0.05, 0) is 31.0 Å². The maximum atomic E-state index is 13.0. The molecule has 6 nitrogen and oxygen atoms in total. The molecule has 1 aliphatic heterocycles. The molecule has 170 valence electrons. The minimum Gasteiger partial charge on any atom is -0.446 e. The van der Waals surface area contributed by atoms with Crippen molar-refractivity contribution in [3.63, 3.8) is 0 Å². The minimum atomic E-state index is -4.56.